The van der Waals surface area contributed by atoms with Crippen molar-refractivity contribution in [1.29, 1.82) is 0 Å². The molecule has 1 N–H and O–H groups in total. The SMILES string of the molecule is CC(C)(C)OC(=O)CCNC(=O)c1ccc(CCC2C=C(c3ccccc3)C=CC2(Br)OC(F)(F)F)cc1. The van der Waals surface area contributed by atoms with Crippen molar-refractivity contribution in [3.8, 4) is 0 Å². The number of esters is 1. The molecule has 0 aromatic heterocycles. The number of amides is 1. The molecule has 0 saturated heterocycles. The molecule has 2 aromatic rings. The van der Waals surface area contributed by atoms with Gasteiger partial charge >= 0.3 is 12.3 Å². The number of hydrogen-bond donors (Lipinski definition) is 1. The monoisotopic (exact) mass is 593 g/mol. The maximum Gasteiger partial charge on any atom is 0.524 e. The van der Waals surface area contributed by atoms with Gasteiger partial charge in [-0.3, -0.25) is 14.3 Å². The Morgan fingerprint density at radius 2 is 1.68 bits per heavy atom. The third-order valence-corrected chi connectivity index (χ3v) is 6.76. The van der Waals surface area contributed by atoms with E-state index in [1.165, 1.54) is 6.08 Å². The molecule has 0 aliphatic heterocycles. The second-order valence-corrected chi connectivity index (χ2v) is 11.2. The van der Waals surface area contributed by atoms with Gasteiger partial charge in [0.25, 0.3) is 5.91 Å². The summed E-state index contributed by atoms with van der Waals surface area (Å²) in [6.07, 6.45) is 0.894. The predicted molar refractivity (Wildman–Crippen MR) is 143 cm³/mol. The number of halogens is 4. The second-order valence-electron chi connectivity index (χ2n) is 10.0. The highest BCUT2D eigenvalue weighted by atomic mass is 79.9. The number of allylic oxidation sites excluding steroid dienone is 2. The first-order valence-corrected chi connectivity index (χ1v) is 13.0. The van der Waals surface area contributed by atoms with Crippen LogP contribution in [0.1, 0.15) is 55.1 Å². The topological polar surface area (TPSA) is 64.6 Å². The Labute approximate surface area is 229 Å². The maximum atomic E-state index is 13.2. The van der Waals surface area contributed by atoms with Crippen LogP contribution in [-0.4, -0.2) is 34.9 Å². The molecule has 0 fully saturated rings. The van der Waals surface area contributed by atoms with Crippen LogP contribution < -0.4 is 5.32 Å². The predicted octanol–water partition coefficient (Wildman–Crippen LogP) is 6.98. The van der Waals surface area contributed by atoms with Crippen molar-refractivity contribution >= 4 is 33.4 Å². The summed E-state index contributed by atoms with van der Waals surface area (Å²) in [6, 6.07) is 16.3. The molecule has 1 aliphatic carbocycles. The fraction of sp³-hybridized carbons (Fsp3) is 0.379. The first kappa shape index (κ1) is 29.6. The van der Waals surface area contributed by atoms with Crippen LogP contribution in [0.5, 0.6) is 0 Å². The van der Waals surface area contributed by atoms with Gasteiger partial charge in [0.2, 0.25) is 0 Å². The molecular weight excluding hydrogens is 563 g/mol. The standard InChI is InChI=1S/C29H31BrF3NO4/c1-27(2,3)37-25(35)16-18-34-26(36)22-12-9-20(10-13-22)11-14-24-19-23(21-7-5-4-6-8-21)15-17-28(24,30)38-29(31,32)33/h4-10,12-13,15,17,19,24H,11,14,16,18H2,1-3H3,(H,34,36). The number of rotatable bonds is 9. The molecule has 3 rings (SSSR count). The molecule has 0 spiro atoms. The van der Waals surface area contributed by atoms with Crippen molar-refractivity contribution in [3.05, 3.63) is 89.5 Å². The van der Waals surface area contributed by atoms with Gasteiger partial charge in [-0.1, -0.05) is 54.6 Å². The summed E-state index contributed by atoms with van der Waals surface area (Å²) >= 11 is 3.19. The van der Waals surface area contributed by atoms with Crippen molar-refractivity contribution in [1.82, 2.24) is 5.32 Å². The highest BCUT2D eigenvalue weighted by molar-refractivity contribution is 9.10. The molecule has 2 atom stereocenters. The van der Waals surface area contributed by atoms with E-state index < -0.39 is 28.4 Å². The van der Waals surface area contributed by atoms with E-state index in [1.54, 1.807) is 57.2 Å². The average molecular weight is 594 g/mol. The van der Waals surface area contributed by atoms with Crippen LogP contribution in [0.25, 0.3) is 5.57 Å². The quantitative estimate of drug-likeness (QED) is 0.252. The van der Waals surface area contributed by atoms with Gasteiger partial charge in [0, 0.05) is 18.0 Å². The van der Waals surface area contributed by atoms with Gasteiger partial charge in [-0.15, -0.1) is 13.2 Å². The van der Waals surface area contributed by atoms with Crippen molar-refractivity contribution in [2.45, 2.75) is 56.5 Å². The van der Waals surface area contributed by atoms with E-state index >= 15 is 0 Å². The van der Waals surface area contributed by atoms with E-state index in [-0.39, 0.29) is 18.9 Å². The van der Waals surface area contributed by atoms with Crippen LogP contribution in [0.15, 0.2) is 72.8 Å². The lowest BCUT2D eigenvalue weighted by atomic mass is 9.86. The van der Waals surface area contributed by atoms with Gasteiger partial charge in [0.05, 0.1) is 6.42 Å². The van der Waals surface area contributed by atoms with E-state index in [0.29, 0.717) is 18.4 Å². The maximum absolute atomic E-state index is 13.2. The summed E-state index contributed by atoms with van der Waals surface area (Å²) in [5.41, 5.74) is 2.41. The third-order valence-electron chi connectivity index (χ3n) is 5.75. The number of hydrogen-bond acceptors (Lipinski definition) is 4. The van der Waals surface area contributed by atoms with Crippen LogP contribution in [0.3, 0.4) is 0 Å². The van der Waals surface area contributed by atoms with Crippen LogP contribution in [-0.2, 0) is 20.7 Å². The Morgan fingerprint density at radius 3 is 2.29 bits per heavy atom. The van der Waals surface area contributed by atoms with Crippen molar-refractivity contribution in [3.63, 3.8) is 0 Å². The summed E-state index contributed by atoms with van der Waals surface area (Å²) in [6.45, 7) is 5.47. The molecule has 2 aromatic carbocycles. The number of ether oxygens (including phenoxy) is 2. The first-order chi connectivity index (χ1) is 17.7. The molecule has 2 unspecified atom stereocenters. The number of carbonyl (C=O) groups is 2. The lowest BCUT2D eigenvalue weighted by Gasteiger charge is -2.35. The third kappa shape index (κ3) is 9.13. The lowest BCUT2D eigenvalue weighted by molar-refractivity contribution is -0.346. The number of aryl methyl sites for hydroxylation is 1. The van der Waals surface area contributed by atoms with Gasteiger partial charge in [0.1, 0.15) is 5.60 Å². The van der Waals surface area contributed by atoms with E-state index in [1.807, 2.05) is 30.3 Å². The molecule has 1 amide bonds. The minimum atomic E-state index is -4.82. The number of carbonyl (C=O) groups excluding carboxylic acids is 2. The van der Waals surface area contributed by atoms with Crippen molar-refractivity contribution in [2.24, 2.45) is 5.92 Å². The van der Waals surface area contributed by atoms with Gasteiger partial charge < -0.3 is 10.1 Å². The summed E-state index contributed by atoms with van der Waals surface area (Å²) in [5, 5.41) is 2.69. The molecule has 1 aliphatic rings. The smallest absolute Gasteiger partial charge is 0.460 e. The average Bonchev–Trinajstić information content (AvgIpc) is 2.82. The van der Waals surface area contributed by atoms with E-state index in [2.05, 4.69) is 26.0 Å². The van der Waals surface area contributed by atoms with Crippen LogP contribution in [0, 0.1) is 5.92 Å². The number of nitrogens with one attached hydrogen (secondary N) is 1. The Balaban J connectivity index is 1.63. The molecule has 0 bridgehead atoms. The van der Waals surface area contributed by atoms with Crippen LogP contribution in [0.2, 0.25) is 0 Å². The highest BCUT2D eigenvalue weighted by Crippen LogP contribution is 2.44. The Kier molecular flexibility index (Phi) is 9.59. The van der Waals surface area contributed by atoms with Gasteiger partial charge in [-0.05, 0) is 84.5 Å². The van der Waals surface area contributed by atoms with Crippen LogP contribution in [0.4, 0.5) is 13.2 Å². The summed E-state index contributed by atoms with van der Waals surface area (Å²) in [5.74, 6) is -1.33. The van der Waals surface area contributed by atoms with Crippen molar-refractivity contribution < 1.29 is 32.2 Å². The van der Waals surface area contributed by atoms with E-state index in [9.17, 15) is 22.8 Å². The first-order valence-electron chi connectivity index (χ1n) is 12.3. The Bertz CT molecular complexity index is 1170. The Morgan fingerprint density at radius 1 is 1.03 bits per heavy atom. The molecule has 0 heterocycles. The van der Waals surface area contributed by atoms with Crippen molar-refractivity contribution in [2.75, 3.05) is 6.54 Å². The van der Waals surface area contributed by atoms with Gasteiger partial charge in [0.15, 0.2) is 4.51 Å². The minimum absolute atomic E-state index is 0.0592. The van der Waals surface area contributed by atoms with E-state index in [0.717, 1.165) is 16.7 Å². The zero-order chi connectivity index (χ0) is 28.0. The summed E-state index contributed by atoms with van der Waals surface area (Å²) in [7, 11) is 0. The normalized spacial score (nSPS) is 19.6. The largest absolute Gasteiger partial charge is 0.524 e. The summed E-state index contributed by atoms with van der Waals surface area (Å²) < 4.78 is 47.6. The highest BCUT2D eigenvalue weighted by Gasteiger charge is 2.45. The van der Waals surface area contributed by atoms with Gasteiger partial charge in [-0.25, -0.2) is 0 Å². The number of benzene rings is 2. The van der Waals surface area contributed by atoms with Gasteiger partial charge in [-0.2, -0.15) is 0 Å². The molecule has 5 nitrogen and oxygen atoms in total. The molecule has 9 heteroatoms. The summed E-state index contributed by atoms with van der Waals surface area (Å²) in [4.78, 5) is 24.2. The minimum Gasteiger partial charge on any atom is -0.460 e. The second kappa shape index (κ2) is 12.3. The molecule has 0 radical (unpaired) electrons. The molecule has 204 valence electrons. The van der Waals surface area contributed by atoms with Crippen LogP contribution >= 0.6 is 15.9 Å². The lowest BCUT2D eigenvalue weighted by Crippen LogP contribution is -2.38. The Hall–Kier alpha value is -2.91. The van der Waals surface area contributed by atoms with E-state index in [4.69, 9.17) is 4.74 Å². The number of alkyl halides is 4. The molecule has 0 saturated carbocycles. The fourth-order valence-corrected chi connectivity index (χ4v) is 4.70. The molecular formula is C29H31BrF3NO4. The zero-order valence-electron chi connectivity index (χ0n) is 21.5. The molecule has 38 heavy (non-hydrogen) atoms. The zero-order valence-corrected chi connectivity index (χ0v) is 23.1. The fourth-order valence-electron chi connectivity index (χ4n) is 4.02.